The molecule has 2 aromatic carbocycles. The van der Waals surface area contributed by atoms with Gasteiger partial charge in [0.15, 0.2) is 16.5 Å². The summed E-state index contributed by atoms with van der Waals surface area (Å²) in [6, 6.07) is 8.12. The van der Waals surface area contributed by atoms with Crippen LogP contribution in [-0.2, 0) is 14.8 Å². The van der Waals surface area contributed by atoms with Crippen LogP contribution >= 0.6 is 0 Å². The van der Waals surface area contributed by atoms with Crippen LogP contribution in [0.2, 0.25) is 0 Å². The third kappa shape index (κ3) is 4.78. The predicted molar refractivity (Wildman–Crippen MR) is 103 cm³/mol. The minimum atomic E-state index is -4.06. The summed E-state index contributed by atoms with van der Waals surface area (Å²) in [6.45, 7) is 0.480. The van der Waals surface area contributed by atoms with Gasteiger partial charge in [0.2, 0.25) is 15.9 Å². The van der Waals surface area contributed by atoms with Crippen molar-refractivity contribution >= 4 is 27.3 Å². The third-order valence-corrected chi connectivity index (χ3v) is 6.53. The van der Waals surface area contributed by atoms with Gasteiger partial charge in [-0.05, 0) is 18.2 Å². The summed E-state index contributed by atoms with van der Waals surface area (Å²) < 4.78 is 52.9. The Hall–Kier alpha value is -2.96. The fourth-order valence-corrected chi connectivity index (χ4v) is 4.65. The average Bonchev–Trinajstić information content (AvgIpc) is 2.71. The molecule has 12 heteroatoms. The van der Waals surface area contributed by atoms with Gasteiger partial charge in [-0.2, -0.15) is 4.31 Å². The van der Waals surface area contributed by atoms with E-state index < -0.39 is 38.2 Å². The highest BCUT2D eigenvalue weighted by Crippen LogP contribution is 2.26. The van der Waals surface area contributed by atoms with Gasteiger partial charge >= 0.3 is 0 Å². The second-order valence-electron chi connectivity index (χ2n) is 6.58. The number of hydrogen-bond donors (Lipinski definition) is 1. The number of sulfonamides is 1. The van der Waals surface area contributed by atoms with Crippen molar-refractivity contribution in [3.8, 4) is 0 Å². The van der Waals surface area contributed by atoms with E-state index in [0.717, 1.165) is 22.5 Å². The minimum absolute atomic E-state index is 0.0485. The highest BCUT2D eigenvalue weighted by atomic mass is 32.2. The lowest BCUT2D eigenvalue weighted by atomic mass is 10.3. The fourth-order valence-electron chi connectivity index (χ4n) is 3.07. The van der Waals surface area contributed by atoms with Crippen LogP contribution < -0.4 is 5.32 Å². The number of hydrogen-bond acceptors (Lipinski definition) is 6. The SMILES string of the molecule is O=C(CN1CCN(S(=O)(=O)c2ccccc2[N+](=O)[O-])CC1)Nc1ccc(F)c(F)c1. The fraction of sp³-hybridized carbons (Fsp3) is 0.278. The Morgan fingerprint density at radius 3 is 2.37 bits per heavy atom. The van der Waals surface area contributed by atoms with Crippen LogP contribution in [0.1, 0.15) is 0 Å². The molecule has 0 bridgehead atoms. The summed E-state index contributed by atoms with van der Waals surface area (Å²) in [5.74, 6) is -2.57. The number of piperazine rings is 1. The van der Waals surface area contributed by atoms with Crippen LogP contribution in [0.4, 0.5) is 20.2 Å². The van der Waals surface area contributed by atoms with E-state index in [2.05, 4.69) is 5.32 Å². The van der Waals surface area contributed by atoms with Crippen molar-refractivity contribution in [3.63, 3.8) is 0 Å². The molecule has 0 radical (unpaired) electrons. The van der Waals surface area contributed by atoms with Crippen LogP contribution in [0.15, 0.2) is 47.4 Å². The number of nitrogens with one attached hydrogen (secondary N) is 1. The highest BCUT2D eigenvalue weighted by molar-refractivity contribution is 7.89. The topological polar surface area (TPSA) is 113 Å². The highest BCUT2D eigenvalue weighted by Gasteiger charge is 2.33. The Morgan fingerprint density at radius 1 is 1.07 bits per heavy atom. The Balaban J connectivity index is 1.60. The van der Waals surface area contributed by atoms with E-state index in [-0.39, 0.29) is 43.3 Å². The Labute approximate surface area is 171 Å². The molecule has 0 aromatic heterocycles. The van der Waals surface area contributed by atoms with Crippen LogP contribution in [-0.4, -0.2) is 61.2 Å². The van der Waals surface area contributed by atoms with Crippen molar-refractivity contribution in [2.75, 3.05) is 38.0 Å². The first-order chi connectivity index (χ1) is 14.2. The quantitative estimate of drug-likeness (QED) is 0.542. The molecule has 1 N–H and O–H groups in total. The summed E-state index contributed by atoms with van der Waals surface area (Å²) in [4.78, 5) is 23.8. The summed E-state index contributed by atoms with van der Waals surface area (Å²) in [7, 11) is -4.06. The number of amides is 1. The van der Waals surface area contributed by atoms with E-state index in [9.17, 15) is 32.1 Å². The van der Waals surface area contributed by atoms with Crippen molar-refractivity contribution in [2.24, 2.45) is 0 Å². The molecule has 1 fully saturated rings. The van der Waals surface area contributed by atoms with Gasteiger partial charge < -0.3 is 5.32 Å². The van der Waals surface area contributed by atoms with Gasteiger partial charge in [0.05, 0.1) is 11.5 Å². The number of carbonyl (C=O) groups is 1. The van der Waals surface area contributed by atoms with Gasteiger partial charge in [-0.25, -0.2) is 17.2 Å². The first kappa shape index (κ1) is 21.7. The predicted octanol–water partition coefficient (Wildman–Crippen LogP) is 1.82. The molecular weight excluding hydrogens is 422 g/mol. The second kappa shape index (κ2) is 8.81. The van der Waals surface area contributed by atoms with E-state index in [1.165, 1.54) is 24.3 Å². The lowest BCUT2D eigenvalue weighted by Crippen LogP contribution is -2.50. The number of nitrogens with zero attached hydrogens (tertiary/aromatic N) is 3. The molecule has 2 aromatic rings. The molecule has 1 aliphatic heterocycles. The molecule has 1 heterocycles. The van der Waals surface area contributed by atoms with E-state index in [0.29, 0.717) is 0 Å². The smallest absolute Gasteiger partial charge is 0.289 e. The Bertz CT molecular complexity index is 1070. The number of rotatable bonds is 6. The summed E-state index contributed by atoms with van der Waals surface area (Å²) in [6.07, 6.45) is 0. The van der Waals surface area contributed by atoms with Crippen molar-refractivity contribution in [3.05, 3.63) is 64.2 Å². The van der Waals surface area contributed by atoms with Gasteiger partial charge in [0.25, 0.3) is 5.69 Å². The zero-order valence-corrected chi connectivity index (χ0v) is 16.4. The van der Waals surface area contributed by atoms with Crippen LogP contribution in [0, 0.1) is 21.7 Å². The second-order valence-corrected chi connectivity index (χ2v) is 8.49. The molecule has 0 unspecified atom stereocenters. The maximum Gasteiger partial charge on any atom is 0.289 e. The zero-order chi connectivity index (χ0) is 21.9. The van der Waals surface area contributed by atoms with Crippen molar-refractivity contribution in [2.45, 2.75) is 4.90 Å². The maximum absolute atomic E-state index is 13.2. The molecule has 1 amide bonds. The molecule has 160 valence electrons. The number of para-hydroxylation sites is 1. The summed E-state index contributed by atoms with van der Waals surface area (Å²) in [5.41, 5.74) is -0.387. The monoisotopic (exact) mass is 440 g/mol. The maximum atomic E-state index is 13.2. The first-order valence-electron chi connectivity index (χ1n) is 8.89. The average molecular weight is 440 g/mol. The molecular formula is C18H18F2N4O5S. The minimum Gasteiger partial charge on any atom is -0.325 e. The number of halogens is 2. The number of nitro groups is 1. The Morgan fingerprint density at radius 2 is 1.73 bits per heavy atom. The summed E-state index contributed by atoms with van der Waals surface area (Å²) in [5, 5.41) is 13.6. The normalized spacial score (nSPS) is 15.7. The van der Waals surface area contributed by atoms with Gasteiger partial charge in [0.1, 0.15) is 0 Å². The van der Waals surface area contributed by atoms with Crippen LogP contribution in [0.5, 0.6) is 0 Å². The number of nitro benzene ring substituents is 1. The number of carbonyl (C=O) groups excluding carboxylic acids is 1. The molecule has 1 saturated heterocycles. The molecule has 0 saturated carbocycles. The van der Waals surface area contributed by atoms with E-state index in [1.54, 1.807) is 4.90 Å². The molecule has 0 aliphatic carbocycles. The van der Waals surface area contributed by atoms with Crippen LogP contribution in [0.25, 0.3) is 0 Å². The van der Waals surface area contributed by atoms with E-state index in [1.807, 2.05) is 0 Å². The van der Waals surface area contributed by atoms with Gasteiger partial charge in [-0.15, -0.1) is 0 Å². The lowest BCUT2D eigenvalue weighted by Gasteiger charge is -2.33. The van der Waals surface area contributed by atoms with Gasteiger partial charge in [0, 0.05) is 44.0 Å². The first-order valence-corrected chi connectivity index (χ1v) is 10.3. The molecule has 1 aliphatic rings. The van der Waals surface area contributed by atoms with Gasteiger partial charge in [-0.1, -0.05) is 12.1 Å². The van der Waals surface area contributed by atoms with Crippen LogP contribution in [0.3, 0.4) is 0 Å². The number of benzene rings is 2. The van der Waals surface area contributed by atoms with Gasteiger partial charge in [-0.3, -0.25) is 19.8 Å². The van der Waals surface area contributed by atoms with Crippen molar-refractivity contribution in [1.82, 2.24) is 9.21 Å². The zero-order valence-electron chi connectivity index (χ0n) is 15.6. The van der Waals surface area contributed by atoms with Crippen molar-refractivity contribution < 1.29 is 26.9 Å². The molecule has 0 atom stereocenters. The molecule has 3 rings (SSSR count). The molecule has 9 nitrogen and oxygen atoms in total. The van der Waals surface area contributed by atoms with Crippen molar-refractivity contribution in [1.29, 1.82) is 0 Å². The molecule has 30 heavy (non-hydrogen) atoms. The number of anilines is 1. The molecule has 0 spiro atoms. The lowest BCUT2D eigenvalue weighted by molar-refractivity contribution is -0.387. The summed E-state index contributed by atoms with van der Waals surface area (Å²) >= 11 is 0. The standard InChI is InChI=1S/C18H18F2N4O5S/c19-14-6-5-13(11-15(14)20)21-18(25)12-22-7-9-23(10-8-22)30(28,29)17-4-2-1-3-16(17)24(26)27/h1-6,11H,7-10,12H2,(H,21,25). The largest absolute Gasteiger partial charge is 0.325 e. The van der Waals surface area contributed by atoms with E-state index >= 15 is 0 Å². The van der Waals surface area contributed by atoms with E-state index in [4.69, 9.17) is 0 Å². The third-order valence-electron chi connectivity index (χ3n) is 4.58. The Kier molecular flexibility index (Phi) is 6.39.